The van der Waals surface area contributed by atoms with Gasteiger partial charge in [0.1, 0.15) is 5.82 Å². The van der Waals surface area contributed by atoms with Crippen molar-refractivity contribution < 1.29 is 0 Å². The monoisotopic (exact) mass is 252 g/mol. The molecule has 0 saturated carbocycles. The largest absolute Gasteiger partial charge is 0.367 e. The molecule has 1 aromatic rings. The van der Waals surface area contributed by atoms with Crippen LogP contribution in [0.1, 0.15) is 13.3 Å². The summed E-state index contributed by atoms with van der Waals surface area (Å²) in [7, 11) is 0. The van der Waals surface area contributed by atoms with E-state index in [4.69, 9.17) is 34.8 Å². The number of nitrogens with one attached hydrogen (secondary N) is 1. The van der Waals surface area contributed by atoms with E-state index in [9.17, 15) is 0 Å². The van der Waals surface area contributed by atoms with E-state index in [1.54, 1.807) is 12.3 Å². The first-order chi connectivity index (χ1) is 6.63. The average molecular weight is 254 g/mol. The Balaban J connectivity index is 2.59. The van der Waals surface area contributed by atoms with Gasteiger partial charge in [0.15, 0.2) is 0 Å². The predicted octanol–water partition coefficient (Wildman–Crippen LogP) is 3.82. The Hall–Kier alpha value is -0.180. The summed E-state index contributed by atoms with van der Waals surface area (Å²) in [6, 6.07) is 1.65. The quantitative estimate of drug-likeness (QED) is 0.825. The first kappa shape index (κ1) is 11.9. The van der Waals surface area contributed by atoms with Gasteiger partial charge < -0.3 is 5.32 Å². The fraction of sp³-hybridized carbons (Fsp3) is 0.444. The molecule has 0 aliphatic carbocycles. The highest BCUT2D eigenvalue weighted by Gasteiger charge is 2.05. The summed E-state index contributed by atoms with van der Waals surface area (Å²) in [5, 5.41) is 4.18. The highest BCUT2D eigenvalue weighted by atomic mass is 35.5. The number of pyridine rings is 1. The van der Waals surface area contributed by atoms with Crippen LogP contribution >= 0.6 is 34.8 Å². The van der Waals surface area contributed by atoms with Crippen LogP contribution < -0.4 is 5.32 Å². The van der Waals surface area contributed by atoms with Crippen LogP contribution in [0.25, 0.3) is 0 Å². The number of rotatable bonds is 4. The van der Waals surface area contributed by atoms with Crippen LogP contribution in [0.4, 0.5) is 5.82 Å². The van der Waals surface area contributed by atoms with Gasteiger partial charge in [-0.2, -0.15) is 0 Å². The molecular weight excluding hydrogens is 242 g/mol. The summed E-state index contributed by atoms with van der Waals surface area (Å²) < 4.78 is 0. The topological polar surface area (TPSA) is 24.9 Å². The van der Waals surface area contributed by atoms with E-state index >= 15 is 0 Å². The van der Waals surface area contributed by atoms with Gasteiger partial charge in [0, 0.05) is 12.7 Å². The molecule has 0 aromatic carbocycles. The molecule has 1 rings (SSSR count). The molecule has 0 radical (unpaired) electrons. The van der Waals surface area contributed by atoms with Crippen molar-refractivity contribution in [2.45, 2.75) is 18.7 Å². The van der Waals surface area contributed by atoms with Crippen LogP contribution in [-0.4, -0.2) is 16.9 Å². The molecule has 0 bridgehead atoms. The smallest absolute Gasteiger partial charge is 0.144 e. The van der Waals surface area contributed by atoms with E-state index in [0.717, 1.165) is 6.42 Å². The van der Waals surface area contributed by atoms with Gasteiger partial charge >= 0.3 is 0 Å². The number of anilines is 1. The fourth-order valence-corrected chi connectivity index (χ4v) is 1.42. The first-order valence-corrected chi connectivity index (χ1v) is 5.51. The van der Waals surface area contributed by atoms with E-state index in [1.807, 2.05) is 6.92 Å². The zero-order chi connectivity index (χ0) is 10.6. The van der Waals surface area contributed by atoms with Crippen LogP contribution in [0.5, 0.6) is 0 Å². The summed E-state index contributed by atoms with van der Waals surface area (Å²) in [4.78, 5) is 4.05. The molecule has 0 spiro atoms. The highest BCUT2D eigenvalue weighted by Crippen LogP contribution is 2.22. The summed E-state index contributed by atoms with van der Waals surface area (Å²) in [5.74, 6) is 0.621. The Morgan fingerprint density at radius 2 is 2.21 bits per heavy atom. The molecule has 1 N–H and O–H groups in total. The van der Waals surface area contributed by atoms with Crippen molar-refractivity contribution in [3.05, 3.63) is 22.3 Å². The molecule has 2 nitrogen and oxygen atoms in total. The third-order valence-electron chi connectivity index (χ3n) is 1.74. The third kappa shape index (κ3) is 3.52. The van der Waals surface area contributed by atoms with Crippen molar-refractivity contribution in [1.82, 2.24) is 4.98 Å². The number of aromatic nitrogens is 1. The van der Waals surface area contributed by atoms with E-state index in [2.05, 4.69) is 10.3 Å². The minimum absolute atomic E-state index is 0.0866. The Morgan fingerprint density at radius 3 is 2.79 bits per heavy atom. The van der Waals surface area contributed by atoms with Gasteiger partial charge in [-0.15, -0.1) is 11.6 Å². The van der Waals surface area contributed by atoms with Gasteiger partial charge in [-0.3, -0.25) is 0 Å². The van der Waals surface area contributed by atoms with Crippen LogP contribution in [0.3, 0.4) is 0 Å². The number of alkyl halides is 1. The summed E-state index contributed by atoms with van der Waals surface area (Å²) in [5.41, 5.74) is 0. The summed E-state index contributed by atoms with van der Waals surface area (Å²) in [6.07, 6.45) is 2.45. The molecule has 0 aliphatic rings. The number of hydrogen-bond donors (Lipinski definition) is 1. The SMILES string of the molecule is CCC(Cl)CNc1ncc(Cl)cc1Cl. The lowest BCUT2D eigenvalue weighted by Gasteiger charge is -2.10. The first-order valence-electron chi connectivity index (χ1n) is 4.32. The lowest BCUT2D eigenvalue weighted by atomic mass is 10.3. The van der Waals surface area contributed by atoms with Crippen molar-refractivity contribution in [1.29, 1.82) is 0 Å². The van der Waals surface area contributed by atoms with Crippen molar-refractivity contribution in [3.8, 4) is 0 Å². The van der Waals surface area contributed by atoms with Crippen molar-refractivity contribution >= 4 is 40.6 Å². The molecule has 0 amide bonds. The molecule has 5 heteroatoms. The number of hydrogen-bond acceptors (Lipinski definition) is 2. The third-order valence-corrected chi connectivity index (χ3v) is 2.70. The molecular formula is C9H11Cl3N2. The van der Waals surface area contributed by atoms with Gasteiger partial charge in [-0.1, -0.05) is 30.1 Å². The van der Waals surface area contributed by atoms with Gasteiger partial charge in [-0.05, 0) is 12.5 Å². The molecule has 0 aliphatic heterocycles. The Labute approximate surface area is 98.6 Å². The molecule has 1 aromatic heterocycles. The van der Waals surface area contributed by atoms with Crippen LogP contribution in [0.2, 0.25) is 10.0 Å². The van der Waals surface area contributed by atoms with Gasteiger partial charge in [0.2, 0.25) is 0 Å². The lowest BCUT2D eigenvalue weighted by molar-refractivity contribution is 0.841. The van der Waals surface area contributed by atoms with E-state index in [0.29, 0.717) is 22.4 Å². The lowest BCUT2D eigenvalue weighted by Crippen LogP contribution is -2.14. The second kappa shape index (κ2) is 5.64. The van der Waals surface area contributed by atoms with Crippen molar-refractivity contribution in [2.24, 2.45) is 0 Å². The summed E-state index contributed by atoms with van der Waals surface area (Å²) >= 11 is 17.5. The Morgan fingerprint density at radius 1 is 1.50 bits per heavy atom. The Kier molecular flexibility index (Phi) is 4.79. The zero-order valence-electron chi connectivity index (χ0n) is 7.73. The van der Waals surface area contributed by atoms with E-state index in [-0.39, 0.29) is 5.38 Å². The maximum absolute atomic E-state index is 5.94. The van der Waals surface area contributed by atoms with Gasteiger partial charge in [0.05, 0.1) is 15.4 Å². The maximum atomic E-state index is 5.94. The number of halogens is 3. The van der Waals surface area contributed by atoms with Crippen LogP contribution in [-0.2, 0) is 0 Å². The molecule has 1 heterocycles. The minimum atomic E-state index is 0.0866. The minimum Gasteiger partial charge on any atom is -0.367 e. The van der Waals surface area contributed by atoms with Gasteiger partial charge in [-0.25, -0.2) is 4.98 Å². The normalized spacial score (nSPS) is 12.6. The van der Waals surface area contributed by atoms with Crippen molar-refractivity contribution in [2.75, 3.05) is 11.9 Å². The van der Waals surface area contributed by atoms with Crippen LogP contribution in [0, 0.1) is 0 Å². The predicted molar refractivity (Wildman–Crippen MR) is 62.7 cm³/mol. The Bertz CT molecular complexity index is 304. The maximum Gasteiger partial charge on any atom is 0.144 e. The number of nitrogens with zero attached hydrogens (tertiary/aromatic N) is 1. The molecule has 0 saturated heterocycles. The second-order valence-corrected chi connectivity index (χ2v) is 4.33. The zero-order valence-corrected chi connectivity index (χ0v) is 10.00. The summed E-state index contributed by atoms with van der Waals surface area (Å²) in [6.45, 7) is 2.67. The van der Waals surface area contributed by atoms with Crippen LogP contribution in [0.15, 0.2) is 12.3 Å². The molecule has 0 fully saturated rings. The van der Waals surface area contributed by atoms with E-state index in [1.165, 1.54) is 0 Å². The standard InChI is InChI=1S/C9H11Cl3N2/c1-2-6(10)4-13-9-8(12)3-7(11)5-14-9/h3,5-6H,2,4H2,1H3,(H,13,14). The molecule has 14 heavy (non-hydrogen) atoms. The van der Waals surface area contributed by atoms with E-state index < -0.39 is 0 Å². The molecule has 1 unspecified atom stereocenters. The molecule has 78 valence electrons. The van der Waals surface area contributed by atoms with Crippen molar-refractivity contribution in [3.63, 3.8) is 0 Å². The highest BCUT2D eigenvalue weighted by molar-refractivity contribution is 6.35. The fourth-order valence-electron chi connectivity index (χ4n) is 0.896. The average Bonchev–Trinajstić information content (AvgIpc) is 2.16. The second-order valence-electron chi connectivity index (χ2n) is 2.87. The molecule has 1 atom stereocenters. The van der Waals surface area contributed by atoms with Gasteiger partial charge in [0.25, 0.3) is 0 Å².